The second kappa shape index (κ2) is 6.25. The van der Waals surface area contributed by atoms with Crippen molar-refractivity contribution < 1.29 is 4.74 Å². The van der Waals surface area contributed by atoms with Gasteiger partial charge in [0.15, 0.2) is 0 Å². The fourth-order valence-corrected chi connectivity index (χ4v) is 2.58. The van der Waals surface area contributed by atoms with Crippen LogP contribution >= 0.6 is 11.6 Å². The van der Waals surface area contributed by atoms with Crippen molar-refractivity contribution in [1.82, 2.24) is 10.3 Å². The Morgan fingerprint density at radius 1 is 1.25 bits per heavy atom. The zero-order valence-corrected chi connectivity index (χ0v) is 13.0. The molecular weight excluding hydrogens is 272 g/mol. The highest BCUT2D eigenvalue weighted by Gasteiger charge is 2.20. The van der Waals surface area contributed by atoms with Crippen molar-refractivity contribution in [3.8, 4) is 5.75 Å². The fraction of sp³-hybridized carbons (Fsp3) is 0.312. The largest absolute Gasteiger partial charge is 0.496 e. The van der Waals surface area contributed by atoms with Gasteiger partial charge in [-0.05, 0) is 50.2 Å². The lowest BCUT2D eigenvalue weighted by Gasteiger charge is -2.21. The first-order valence-corrected chi connectivity index (χ1v) is 6.88. The molecule has 106 valence electrons. The van der Waals surface area contributed by atoms with Crippen molar-refractivity contribution in [2.45, 2.75) is 19.9 Å². The van der Waals surface area contributed by atoms with E-state index in [4.69, 9.17) is 16.3 Å². The van der Waals surface area contributed by atoms with Gasteiger partial charge in [-0.15, -0.1) is 0 Å². The van der Waals surface area contributed by atoms with Gasteiger partial charge in [0.05, 0.1) is 18.8 Å². The van der Waals surface area contributed by atoms with Gasteiger partial charge < -0.3 is 10.1 Å². The van der Waals surface area contributed by atoms with Gasteiger partial charge in [-0.1, -0.05) is 17.7 Å². The number of methoxy groups -OCH3 is 1. The van der Waals surface area contributed by atoms with Gasteiger partial charge in [-0.25, -0.2) is 0 Å². The number of benzene rings is 1. The van der Waals surface area contributed by atoms with E-state index in [1.807, 2.05) is 38.4 Å². The second-order valence-electron chi connectivity index (χ2n) is 4.82. The lowest BCUT2D eigenvalue weighted by molar-refractivity contribution is 0.405. The minimum Gasteiger partial charge on any atom is -0.496 e. The lowest BCUT2D eigenvalue weighted by atomic mass is 9.98. The predicted octanol–water partition coefficient (Wildman–Crippen LogP) is 3.67. The number of hydrogen-bond donors (Lipinski definition) is 1. The maximum Gasteiger partial charge on any atom is 0.124 e. The summed E-state index contributed by atoms with van der Waals surface area (Å²) in [4.78, 5) is 4.57. The highest BCUT2D eigenvalue weighted by Crippen LogP contribution is 2.32. The third-order valence-corrected chi connectivity index (χ3v) is 3.56. The molecule has 2 rings (SSSR count). The summed E-state index contributed by atoms with van der Waals surface area (Å²) in [6.45, 7) is 4.11. The SMILES string of the molecule is CNC(c1cc(Cl)ccc1OC)c1ncc(C)cc1C. The number of nitrogens with one attached hydrogen (secondary N) is 1. The molecule has 0 aliphatic rings. The third kappa shape index (κ3) is 2.94. The summed E-state index contributed by atoms with van der Waals surface area (Å²) in [7, 11) is 3.57. The van der Waals surface area contributed by atoms with E-state index in [9.17, 15) is 0 Å². The minimum atomic E-state index is -0.0516. The molecule has 1 aromatic heterocycles. The number of aromatic nitrogens is 1. The van der Waals surface area contributed by atoms with E-state index in [1.165, 1.54) is 0 Å². The molecule has 2 aromatic rings. The van der Waals surface area contributed by atoms with Crippen LogP contribution in [-0.2, 0) is 0 Å². The highest BCUT2D eigenvalue weighted by molar-refractivity contribution is 6.30. The number of ether oxygens (including phenoxy) is 1. The summed E-state index contributed by atoms with van der Waals surface area (Å²) in [5.74, 6) is 0.801. The van der Waals surface area contributed by atoms with E-state index in [2.05, 4.69) is 23.3 Å². The quantitative estimate of drug-likeness (QED) is 0.933. The molecule has 0 spiro atoms. The first-order valence-electron chi connectivity index (χ1n) is 6.50. The Bertz CT molecular complexity index is 613. The van der Waals surface area contributed by atoms with Crippen molar-refractivity contribution in [2.24, 2.45) is 0 Å². The molecule has 20 heavy (non-hydrogen) atoms. The first kappa shape index (κ1) is 14.8. The van der Waals surface area contributed by atoms with Gasteiger partial charge in [-0.2, -0.15) is 0 Å². The summed E-state index contributed by atoms with van der Waals surface area (Å²) in [5.41, 5.74) is 4.27. The molecule has 3 nitrogen and oxygen atoms in total. The topological polar surface area (TPSA) is 34.1 Å². The van der Waals surface area contributed by atoms with Gasteiger partial charge in [0.2, 0.25) is 0 Å². The maximum absolute atomic E-state index is 6.12. The van der Waals surface area contributed by atoms with Gasteiger partial charge >= 0.3 is 0 Å². The van der Waals surface area contributed by atoms with Crippen LogP contribution in [0.1, 0.15) is 28.4 Å². The lowest BCUT2D eigenvalue weighted by Crippen LogP contribution is -2.20. The zero-order valence-electron chi connectivity index (χ0n) is 12.2. The molecule has 1 atom stereocenters. The molecule has 1 aromatic carbocycles. The number of rotatable bonds is 4. The van der Waals surface area contributed by atoms with Crippen LogP contribution in [0.4, 0.5) is 0 Å². The number of hydrogen-bond acceptors (Lipinski definition) is 3. The molecule has 0 saturated carbocycles. The molecule has 1 N–H and O–H groups in total. The van der Waals surface area contributed by atoms with Crippen LogP contribution in [-0.4, -0.2) is 19.1 Å². The number of pyridine rings is 1. The van der Waals surface area contributed by atoms with Crippen LogP contribution in [0.3, 0.4) is 0 Å². The average Bonchev–Trinajstić information content (AvgIpc) is 2.42. The van der Waals surface area contributed by atoms with E-state index in [0.29, 0.717) is 5.02 Å². The van der Waals surface area contributed by atoms with Crippen molar-refractivity contribution in [2.75, 3.05) is 14.2 Å². The highest BCUT2D eigenvalue weighted by atomic mass is 35.5. The molecule has 1 heterocycles. The van der Waals surface area contributed by atoms with Gasteiger partial charge in [0, 0.05) is 16.8 Å². The predicted molar refractivity (Wildman–Crippen MR) is 82.6 cm³/mol. The third-order valence-electron chi connectivity index (χ3n) is 3.32. The Balaban J connectivity index is 2.54. The van der Waals surface area contributed by atoms with Crippen LogP contribution in [0.5, 0.6) is 5.75 Å². The van der Waals surface area contributed by atoms with Gasteiger partial charge in [0.25, 0.3) is 0 Å². The molecule has 1 unspecified atom stereocenters. The minimum absolute atomic E-state index is 0.0516. The standard InChI is InChI=1S/C16H19ClN2O/c1-10-7-11(2)15(19-9-10)16(18-3)13-8-12(17)5-6-14(13)20-4/h5-9,16,18H,1-4H3. The van der Waals surface area contributed by atoms with E-state index in [-0.39, 0.29) is 6.04 Å². The Kier molecular flexibility index (Phi) is 4.63. The molecule has 0 radical (unpaired) electrons. The van der Waals surface area contributed by atoms with Crippen LogP contribution in [0.15, 0.2) is 30.5 Å². The number of aryl methyl sites for hydroxylation is 2. The zero-order chi connectivity index (χ0) is 14.7. The monoisotopic (exact) mass is 290 g/mol. The Hall–Kier alpha value is -1.58. The summed E-state index contributed by atoms with van der Waals surface area (Å²) in [6, 6.07) is 7.70. The maximum atomic E-state index is 6.12. The molecule has 0 fully saturated rings. The van der Waals surface area contributed by atoms with Crippen LogP contribution < -0.4 is 10.1 Å². The molecule has 0 bridgehead atoms. The van der Waals surface area contributed by atoms with Crippen molar-refractivity contribution in [3.63, 3.8) is 0 Å². The van der Waals surface area contributed by atoms with Gasteiger partial charge in [0.1, 0.15) is 5.75 Å². The van der Waals surface area contributed by atoms with E-state index in [0.717, 1.165) is 28.1 Å². The Labute approximate surface area is 124 Å². The van der Waals surface area contributed by atoms with E-state index < -0.39 is 0 Å². The smallest absolute Gasteiger partial charge is 0.124 e. The molecule has 0 amide bonds. The normalized spacial score (nSPS) is 12.2. The van der Waals surface area contributed by atoms with Crippen LogP contribution in [0, 0.1) is 13.8 Å². The molecular formula is C16H19ClN2O. The van der Waals surface area contributed by atoms with E-state index >= 15 is 0 Å². The van der Waals surface area contributed by atoms with Crippen LogP contribution in [0.25, 0.3) is 0 Å². The molecule has 0 aliphatic carbocycles. The number of nitrogens with zero attached hydrogens (tertiary/aromatic N) is 1. The average molecular weight is 291 g/mol. The summed E-state index contributed by atoms with van der Waals surface area (Å²) < 4.78 is 5.44. The Morgan fingerprint density at radius 2 is 2.00 bits per heavy atom. The Morgan fingerprint density at radius 3 is 2.60 bits per heavy atom. The molecule has 4 heteroatoms. The molecule has 0 saturated heterocycles. The van der Waals surface area contributed by atoms with Crippen molar-refractivity contribution in [1.29, 1.82) is 0 Å². The van der Waals surface area contributed by atoms with Crippen molar-refractivity contribution in [3.05, 3.63) is 57.9 Å². The molecule has 0 aliphatic heterocycles. The fourth-order valence-electron chi connectivity index (χ4n) is 2.40. The summed E-state index contributed by atoms with van der Waals surface area (Å²) >= 11 is 6.12. The second-order valence-corrected chi connectivity index (χ2v) is 5.26. The van der Waals surface area contributed by atoms with Crippen molar-refractivity contribution >= 4 is 11.6 Å². The summed E-state index contributed by atoms with van der Waals surface area (Å²) in [5, 5.41) is 3.98. The van der Waals surface area contributed by atoms with Crippen LogP contribution in [0.2, 0.25) is 5.02 Å². The van der Waals surface area contributed by atoms with Gasteiger partial charge in [-0.3, -0.25) is 4.98 Å². The summed E-state index contributed by atoms with van der Waals surface area (Å²) in [6.07, 6.45) is 1.88. The first-order chi connectivity index (χ1) is 9.56. The number of halogens is 1. The van der Waals surface area contributed by atoms with E-state index in [1.54, 1.807) is 7.11 Å².